The zero-order chi connectivity index (χ0) is 29.7. The van der Waals surface area contributed by atoms with E-state index in [0.717, 1.165) is 22.1 Å². The predicted octanol–water partition coefficient (Wildman–Crippen LogP) is 6.06. The quantitative estimate of drug-likeness (QED) is 0.222. The Labute approximate surface area is 258 Å². The van der Waals surface area contributed by atoms with E-state index in [2.05, 4.69) is 10.3 Å². The van der Waals surface area contributed by atoms with Crippen molar-refractivity contribution in [1.29, 1.82) is 0 Å². The van der Waals surface area contributed by atoms with Gasteiger partial charge in [-0.1, -0.05) is 83.2 Å². The van der Waals surface area contributed by atoms with Gasteiger partial charge in [0, 0.05) is 27.1 Å². The molecule has 2 aliphatic rings. The van der Waals surface area contributed by atoms with Crippen molar-refractivity contribution in [2.24, 2.45) is 5.92 Å². The SMILES string of the molecule is O=C(COc1ccccc1[C@H]1c2sc(=O)[nH]c2SC2C(=O)N(c3ccc(Cl)cc3)C(=O)C21)Nc1ccc2ccccc2c1. The summed E-state index contributed by atoms with van der Waals surface area (Å²) < 4.78 is 6.04. The van der Waals surface area contributed by atoms with Crippen molar-refractivity contribution < 1.29 is 19.1 Å². The fraction of sp³-hybridized carbons (Fsp3) is 0.125. The number of imide groups is 1. The molecule has 8 nitrogen and oxygen atoms in total. The Bertz CT molecular complexity index is 1970. The normalized spacial score (nSPS) is 19.3. The van der Waals surface area contributed by atoms with Crippen LogP contribution in [-0.2, 0) is 14.4 Å². The summed E-state index contributed by atoms with van der Waals surface area (Å²) in [6.07, 6.45) is 0. The fourth-order valence-electron chi connectivity index (χ4n) is 5.67. The molecule has 1 aromatic heterocycles. The van der Waals surface area contributed by atoms with Gasteiger partial charge in [0.15, 0.2) is 6.61 Å². The van der Waals surface area contributed by atoms with Crippen LogP contribution in [0.2, 0.25) is 5.02 Å². The van der Waals surface area contributed by atoms with Crippen LogP contribution < -0.4 is 19.8 Å². The van der Waals surface area contributed by atoms with Gasteiger partial charge in [-0.15, -0.1) is 0 Å². The summed E-state index contributed by atoms with van der Waals surface area (Å²) in [5, 5.41) is 5.23. The molecule has 3 atom stereocenters. The smallest absolute Gasteiger partial charge is 0.305 e. The van der Waals surface area contributed by atoms with Gasteiger partial charge >= 0.3 is 4.87 Å². The van der Waals surface area contributed by atoms with E-state index in [1.54, 1.807) is 42.5 Å². The standard InChI is InChI=1S/C32H22ClN3O5S2/c33-19-10-13-21(14-11-19)36-30(38)26-25(27-29(35-32(40)43-27)42-28(26)31(36)39)22-7-3-4-8-23(22)41-16-24(37)34-20-12-9-17-5-1-2-6-18(17)15-20/h1-15,25-26,28H,16H2,(H,34,37)(H,35,40)/t25-,26?,28?/m1/s1. The first-order valence-electron chi connectivity index (χ1n) is 13.4. The highest BCUT2D eigenvalue weighted by molar-refractivity contribution is 8.00. The van der Waals surface area contributed by atoms with Gasteiger partial charge in [-0.05, 0) is 53.2 Å². The van der Waals surface area contributed by atoms with Crippen molar-refractivity contribution in [2.75, 3.05) is 16.8 Å². The number of aromatic nitrogens is 1. The predicted molar refractivity (Wildman–Crippen MR) is 168 cm³/mol. The Kier molecular flexibility index (Phi) is 7.04. The van der Waals surface area contributed by atoms with Gasteiger partial charge in [-0.3, -0.25) is 19.2 Å². The average molecular weight is 628 g/mol. The van der Waals surface area contributed by atoms with Crippen molar-refractivity contribution in [2.45, 2.75) is 16.2 Å². The lowest BCUT2D eigenvalue weighted by atomic mass is 9.82. The van der Waals surface area contributed by atoms with E-state index in [-0.39, 0.29) is 29.2 Å². The second-order valence-corrected chi connectivity index (χ2v) is 12.8. The Morgan fingerprint density at radius 1 is 0.907 bits per heavy atom. The Morgan fingerprint density at radius 2 is 1.65 bits per heavy atom. The third kappa shape index (κ3) is 5.01. The molecular formula is C32H22ClN3O5S2. The fourth-order valence-corrected chi connectivity index (χ4v) is 8.31. The van der Waals surface area contributed by atoms with Crippen LogP contribution in [0.3, 0.4) is 0 Å². The number of halogens is 1. The number of hydrogen-bond donors (Lipinski definition) is 2. The summed E-state index contributed by atoms with van der Waals surface area (Å²) in [5.74, 6) is -2.12. The molecule has 0 aliphatic carbocycles. The summed E-state index contributed by atoms with van der Waals surface area (Å²) >= 11 is 8.26. The summed E-state index contributed by atoms with van der Waals surface area (Å²) in [4.78, 5) is 57.4. The summed E-state index contributed by atoms with van der Waals surface area (Å²) in [7, 11) is 0. The number of benzene rings is 4. The zero-order valence-electron chi connectivity index (χ0n) is 22.3. The number of nitrogens with one attached hydrogen (secondary N) is 2. The number of rotatable bonds is 6. The largest absolute Gasteiger partial charge is 0.483 e. The molecular weight excluding hydrogens is 606 g/mol. The molecule has 7 rings (SSSR count). The Balaban J connectivity index is 1.19. The van der Waals surface area contributed by atoms with Gasteiger partial charge < -0.3 is 15.0 Å². The zero-order valence-corrected chi connectivity index (χ0v) is 24.7. The van der Waals surface area contributed by atoms with Gasteiger partial charge in [0.1, 0.15) is 11.0 Å². The molecule has 3 heterocycles. The van der Waals surface area contributed by atoms with Crippen LogP contribution >= 0.6 is 34.7 Å². The Hall–Kier alpha value is -4.38. The van der Waals surface area contributed by atoms with E-state index >= 15 is 0 Å². The van der Waals surface area contributed by atoms with Crippen molar-refractivity contribution in [3.8, 4) is 5.75 Å². The minimum atomic E-state index is -0.789. The van der Waals surface area contributed by atoms with E-state index in [1.807, 2.05) is 48.5 Å². The monoisotopic (exact) mass is 627 g/mol. The molecule has 5 aromatic rings. The average Bonchev–Trinajstić information content (AvgIpc) is 3.50. The van der Waals surface area contributed by atoms with Crippen molar-refractivity contribution >= 4 is 74.6 Å². The lowest BCUT2D eigenvalue weighted by Crippen LogP contribution is -2.32. The van der Waals surface area contributed by atoms with Crippen LogP contribution in [0.25, 0.3) is 10.8 Å². The number of thioether (sulfide) groups is 1. The molecule has 2 unspecified atom stereocenters. The third-order valence-electron chi connectivity index (χ3n) is 7.55. The third-order valence-corrected chi connectivity index (χ3v) is 10.2. The van der Waals surface area contributed by atoms with Crippen LogP contribution in [0.5, 0.6) is 5.75 Å². The maximum absolute atomic E-state index is 14.0. The molecule has 0 spiro atoms. The highest BCUT2D eigenvalue weighted by atomic mass is 35.5. The number of carbonyl (C=O) groups excluding carboxylic acids is 3. The topological polar surface area (TPSA) is 109 Å². The molecule has 2 aliphatic heterocycles. The minimum Gasteiger partial charge on any atom is -0.483 e. The van der Waals surface area contributed by atoms with Crippen LogP contribution in [0.1, 0.15) is 16.4 Å². The second kappa shape index (κ2) is 11.0. The molecule has 3 amide bonds. The number of anilines is 2. The molecule has 11 heteroatoms. The van der Waals surface area contributed by atoms with E-state index < -0.39 is 17.1 Å². The molecule has 0 saturated carbocycles. The number of fused-ring (bicyclic) bond motifs is 3. The van der Waals surface area contributed by atoms with E-state index in [1.165, 1.54) is 16.7 Å². The van der Waals surface area contributed by atoms with E-state index in [0.29, 0.717) is 37.6 Å². The number of amides is 3. The van der Waals surface area contributed by atoms with Crippen LogP contribution in [-0.4, -0.2) is 34.6 Å². The summed E-state index contributed by atoms with van der Waals surface area (Å²) in [6, 6.07) is 27.2. The number of hydrogen-bond acceptors (Lipinski definition) is 7. The minimum absolute atomic E-state index is 0.273. The highest BCUT2D eigenvalue weighted by Gasteiger charge is 2.56. The van der Waals surface area contributed by atoms with Crippen LogP contribution in [0, 0.1) is 5.92 Å². The van der Waals surface area contributed by atoms with Gasteiger partial charge in [-0.2, -0.15) is 0 Å². The number of nitrogens with zero attached hydrogens (tertiary/aromatic N) is 1. The summed E-state index contributed by atoms with van der Waals surface area (Å²) in [5.41, 5.74) is 1.69. The lowest BCUT2D eigenvalue weighted by Gasteiger charge is -2.30. The number of H-pyrrole nitrogens is 1. The van der Waals surface area contributed by atoms with Crippen molar-refractivity contribution in [1.82, 2.24) is 4.98 Å². The second-order valence-electron chi connectivity index (χ2n) is 10.2. The number of ether oxygens (including phenoxy) is 1. The molecule has 1 fully saturated rings. The van der Waals surface area contributed by atoms with Gasteiger partial charge in [0.2, 0.25) is 11.8 Å². The van der Waals surface area contributed by atoms with Crippen LogP contribution in [0.4, 0.5) is 11.4 Å². The van der Waals surface area contributed by atoms with Gasteiger partial charge in [0.25, 0.3) is 5.91 Å². The maximum atomic E-state index is 14.0. The number of carbonyl (C=O) groups is 3. The molecule has 2 N–H and O–H groups in total. The molecule has 4 aromatic carbocycles. The number of thiazole rings is 1. The lowest BCUT2D eigenvalue weighted by molar-refractivity contribution is -0.122. The first kappa shape index (κ1) is 27.5. The first-order chi connectivity index (χ1) is 20.9. The number of aromatic amines is 1. The highest BCUT2D eigenvalue weighted by Crippen LogP contribution is 2.54. The van der Waals surface area contributed by atoms with Crippen LogP contribution in [0.15, 0.2) is 101 Å². The van der Waals surface area contributed by atoms with E-state index in [9.17, 15) is 19.2 Å². The molecule has 43 heavy (non-hydrogen) atoms. The summed E-state index contributed by atoms with van der Waals surface area (Å²) in [6.45, 7) is -0.278. The van der Waals surface area contributed by atoms with E-state index in [4.69, 9.17) is 16.3 Å². The van der Waals surface area contributed by atoms with Gasteiger partial charge in [0.05, 0.1) is 16.6 Å². The van der Waals surface area contributed by atoms with Gasteiger partial charge in [-0.25, -0.2) is 4.90 Å². The molecule has 1 saturated heterocycles. The van der Waals surface area contributed by atoms with Crippen molar-refractivity contribution in [3.05, 3.63) is 116 Å². The molecule has 0 bridgehead atoms. The first-order valence-corrected chi connectivity index (χ1v) is 15.5. The molecule has 214 valence electrons. The maximum Gasteiger partial charge on any atom is 0.305 e. The van der Waals surface area contributed by atoms with Crippen molar-refractivity contribution in [3.63, 3.8) is 0 Å². The molecule has 0 radical (unpaired) electrons. The Morgan fingerprint density at radius 3 is 2.47 bits per heavy atom. The number of para-hydroxylation sites is 1.